The topological polar surface area (TPSA) is 84.2 Å². The van der Waals surface area contributed by atoms with Crippen LogP contribution in [-0.2, 0) is 22.6 Å². The molecule has 0 saturated heterocycles. The van der Waals surface area contributed by atoms with Crippen LogP contribution in [0.4, 0.5) is 0 Å². The molecule has 5 heteroatoms. The van der Waals surface area contributed by atoms with Gasteiger partial charge in [0.15, 0.2) is 0 Å². The number of amides is 2. The highest BCUT2D eigenvalue weighted by Gasteiger charge is 2.08. The van der Waals surface area contributed by atoms with Gasteiger partial charge in [-0.3, -0.25) is 9.59 Å². The van der Waals surface area contributed by atoms with Gasteiger partial charge < -0.3 is 16.4 Å². The Kier molecular flexibility index (Phi) is 6.73. The molecule has 0 aliphatic rings. The molecule has 0 heterocycles. The van der Waals surface area contributed by atoms with Crippen LogP contribution in [0, 0.1) is 5.92 Å². The van der Waals surface area contributed by atoms with Crippen molar-refractivity contribution in [2.24, 2.45) is 11.7 Å². The van der Waals surface area contributed by atoms with E-state index in [-0.39, 0.29) is 24.8 Å². The summed E-state index contributed by atoms with van der Waals surface area (Å²) in [5.41, 5.74) is 7.47. The lowest BCUT2D eigenvalue weighted by atomic mass is 10.0. The second-order valence-electron chi connectivity index (χ2n) is 5.12. The summed E-state index contributed by atoms with van der Waals surface area (Å²) in [6, 6.07) is 7.54. The van der Waals surface area contributed by atoms with Gasteiger partial charge in [0.2, 0.25) is 11.8 Å². The monoisotopic (exact) mass is 277 g/mol. The minimum atomic E-state index is -0.175. The first kappa shape index (κ1) is 16.2. The second-order valence-corrected chi connectivity index (χ2v) is 5.12. The SMILES string of the molecule is CC(C)CNC(=O)CNC(=O)Cc1ccccc1CN. The summed E-state index contributed by atoms with van der Waals surface area (Å²) in [5.74, 6) is 0.0517. The Morgan fingerprint density at radius 2 is 1.75 bits per heavy atom. The molecule has 0 aromatic heterocycles. The first-order chi connectivity index (χ1) is 9.52. The third-order valence-electron chi connectivity index (χ3n) is 2.84. The second kappa shape index (κ2) is 8.32. The Hall–Kier alpha value is -1.88. The van der Waals surface area contributed by atoms with E-state index in [9.17, 15) is 9.59 Å². The molecule has 0 bridgehead atoms. The van der Waals surface area contributed by atoms with Gasteiger partial charge in [0.25, 0.3) is 0 Å². The van der Waals surface area contributed by atoms with Crippen LogP contribution in [0.15, 0.2) is 24.3 Å². The molecule has 0 aliphatic heterocycles. The van der Waals surface area contributed by atoms with Crippen molar-refractivity contribution in [1.29, 1.82) is 0 Å². The Bertz CT molecular complexity index is 458. The molecule has 0 spiro atoms. The molecular weight excluding hydrogens is 254 g/mol. The summed E-state index contributed by atoms with van der Waals surface area (Å²) in [5, 5.41) is 5.36. The van der Waals surface area contributed by atoms with Gasteiger partial charge >= 0.3 is 0 Å². The molecule has 0 unspecified atom stereocenters. The summed E-state index contributed by atoms with van der Waals surface area (Å²) >= 11 is 0. The predicted molar refractivity (Wildman–Crippen MR) is 78.9 cm³/mol. The molecule has 0 aliphatic carbocycles. The van der Waals surface area contributed by atoms with Crippen molar-refractivity contribution in [3.05, 3.63) is 35.4 Å². The zero-order valence-electron chi connectivity index (χ0n) is 12.1. The van der Waals surface area contributed by atoms with Crippen LogP contribution in [0.3, 0.4) is 0 Å². The van der Waals surface area contributed by atoms with Gasteiger partial charge in [0.1, 0.15) is 0 Å². The average molecular weight is 277 g/mol. The standard InChI is InChI=1S/C15H23N3O2/c1-11(2)9-17-15(20)10-18-14(19)7-12-5-3-4-6-13(12)8-16/h3-6,11H,7-10,16H2,1-2H3,(H,17,20)(H,18,19). The van der Waals surface area contributed by atoms with Crippen molar-refractivity contribution in [3.8, 4) is 0 Å². The van der Waals surface area contributed by atoms with E-state index < -0.39 is 0 Å². The van der Waals surface area contributed by atoms with E-state index in [0.717, 1.165) is 11.1 Å². The van der Waals surface area contributed by atoms with Crippen LogP contribution >= 0.6 is 0 Å². The third-order valence-corrected chi connectivity index (χ3v) is 2.84. The lowest BCUT2D eigenvalue weighted by Gasteiger charge is -2.10. The molecule has 1 rings (SSSR count). The number of carbonyl (C=O) groups excluding carboxylic acids is 2. The largest absolute Gasteiger partial charge is 0.354 e. The van der Waals surface area contributed by atoms with Crippen molar-refractivity contribution >= 4 is 11.8 Å². The maximum atomic E-state index is 11.8. The van der Waals surface area contributed by atoms with Gasteiger partial charge in [-0.25, -0.2) is 0 Å². The minimum absolute atomic E-state index is 0.0103. The first-order valence-corrected chi connectivity index (χ1v) is 6.83. The van der Waals surface area contributed by atoms with Crippen LogP contribution in [0.1, 0.15) is 25.0 Å². The van der Waals surface area contributed by atoms with Crippen molar-refractivity contribution in [2.75, 3.05) is 13.1 Å². The van der Waals surface area contributed by atoms with E-state index in [2.05, 4.69) is 10.6 Å². The molecule has 0 atom stereocenters. The molecule has 0 saturated carbocycles. The highest BCUT2D eigenvalue weighted by atomic mass is 16.2. The lowest BCUT2D eigenvalue weighted by Crippen LogP contribution is -2.38. The van der Waals surface area contributed by atoms with E-state index in [1.165, 1.54) is 0 Å². The predicted octanol–water partition coefficient (Wildman–Crippen LogP) is 0.576. The van der Waals surface area contributed by atoms with E-state index in [4.69, 9.17) is 5.73 Å². The van der Waals surface area contributed by atoms with Crippen LogP contribution < -0.4 is 16.4 Å². The number of nitrogens with one attached hydrogen (secondary N) is 2. The highest BCUT2D eigenvalue weighted by Crippen LogP contribution is 2.08. The number of benzene rings is 1. The number of hydrogen-bond donors (Lipinski definition) is 3. The van der Waals surface area contributed by atoms with Crippen LogP contribution in [0.2, 0.25) is 0 Å². The van der Waals surface area contributed by atoms with Gasteiger partial charge in [-0.1, -0.05) is 38.1 Å². The third kappa shape index (κ3) is 5.84. The fraction of sp³-hybridized carbons (Fsp3) is 0.467. The molecule has 2 amide bonds. The number of hydrogen-bond acceptors (Lipinski definition) is 3. The smallest absolute Gasteiger partial charge is 0.239 e. The number of nitrogens with two attached hydrogens (primary N) is 1. The van der Waals surface area contributed by atoms with Crippen molar-refractivity contribution in [1.82, 2.24) is 10.6 Å². The normalized spacial score (nSPS) is 10.4. The summed E-state index contributed by atoms with van der Waals surface area (Å²) in [4.78, 5) is 23.3. The summed E-state index contributed by atoms with van der Waals surface area (Å²) in [6.07, 6.45) is 0.241. The molecule has 1 aromatic carbocycles. The zero-order chi connectivity index (χ0) is 15.0. The molecule has 0 fully saturated rings. The Morgan fingerprint density at radius 1 is 1.10 bits per heavy atom. The molecule has 110 valence electrons. The zero-order valence-corrected chi connectivity index (χ0v) is 12.1. The number of rotatable bonds is 7. The molecule has 0 radical (unpaired) electrons. The summed E-state index contributed by atoms with van der Waals surface area (Å²) in [7, 11) is 0. The number of carbonyl (C=O) groups is 2. The Morgan fingerprint density at radius 3 is 2.35 bits per heavy atom. The van der Waals surface area contributed by atoms with Gasteiger partial charge in [-0.15, -0.1) is 0 Å². The van der Waals surface area contributed by atoms with Crippen molar-refractivity contribution < 1.29 is 9.59 Å². The molecular formula is C15H23N3O2. The highest BCUT2D eigenvalue weighted by molar-refractivity contribution is 5.85. The quantitative estimate of drug-likeness (QED) is 0.681. The lowest BCUT2D eigenvalue weighted by molar-refractivity contribution is -0.125. The maximum Gasteiger partial charge on any atom is 0.239 e. The van der Waals surface area contributed by atoms with Crippen LogP contribution in [-0.4, -0.2) is 24.9 Å². The van der Waals surface area contributed by atoms with E-state index >= 15 is 0 Å². The fourth-order valence-electron chi connectivity index (χ4n) is 1.72. The van der Waals surface area contributed by atoms with Crippen LogP contribution in [0.25, 0.3) is 0 Å². The van der Waals surface area contributed by atoms with E-state index in [0.29, 0.717) is 19.0 Å². The van der Waals surface area contributed by atoms with Gasteiger partial charge in [-0.2, -0.15) is 0 Å². The Labute approximate surface area is 119 Å². The summed E-state index contributed by atoms with van der Waals surface area (Å²) < 4.78 is 0. The van der Waals surface area contributed by atoms with E-state index in [1.54, 1.807) is 0 Å². The first-order valence-electron chi connectivity index (χ1n) is 6.83. The van der Waals surface area contributed by atoms with Crippen LogP contribution in [0.5, 0.6) is 0 Å². The minimum Gasteiger partial charge on any atom is -0.354 e. The van der Waals surface area contributed by atoms with Crippen molar-refractivity contribution in [2.45, 2.75) is 26.8 Å². The molecule has 4 N–H and O–H groups in total. The van der Waals surface area contributed by atoms with Crippen molar-refractivity contribution in [3.63, 3.8) is 0 Å². The average Bonchev–Trinajstić information content (AvgIpc) is 2.43. The van der Waals surface area contributed by atoms with Gasteiger partial charge in [-0.05, 0) is 17.0 Å². The Balaban J connectivity index is 2.38. The maximum absolute atomic E-state index is 11.8. The molecule has 1 aromatic rings. The summed E-state index contributed by atoms with van der Waals surface area (Å²) in [6.45, 7) is 5.06. The van der Waals surface area contributed by atoms with Gasteiger partial charge in [0, 0.05) is 13.1 Å². The van der Waals surface area contributed by atoms with Gasteiger partial charge in [0.05, 0.1) is 13.0 Å². The van der Waals surface area contributed by atoms with E-state index in [1.807, 2.05) is 38.1 Å². The molecule has 20 heavy (non-hydrogen) atoms. The molecule has 5 nitrogen and oxygen atoms in total. The fourth-order valence-corrected chi connectivity index (χ4v) is 1.72.